The molecule has 104 valence electrons. The Morgan fingerprint density at radius 2 is 1.75 bits per heavy atom. The molecular formula is C17H18O3. The van der Waals surface area contributed by atoms with Crippen LogP contribution in [0, 0.1) is 0 Å². The fourth-order valence-electron chi connectivity index (χ4n) is 2.14. The van der Waals surface area contributed by atoms with Crippen LogP contribution in [0.15, 0.2) is 42.5 Å². The highest BCUT2D eigenvalue weighted by molar-refractivity contribution is 6.33. The third kappa shape index (κ3) is 3.44. The van der Waals surface area contributed by atoms with Gasteiger partial charge in [-0.3, -0.25) is 4.79 Å². The average molecular weight is 270 g/mol. The molecule has 0 unspecified atom stereocenters. The van der Waals surface area contributed by atoms with Gasteiger partial charge in [-0.15, -0.1) is 0 Å². The standard InChI is InChI=1S/C17H18O3/c1-12(2)20-17(19)16(18)11-10-14-8-5-7-13-6-3-4-9-15(13)14/h3-9,12H,10-11H2,1-2H3. The predicted molar refractivity (Wildman–Crippen MR) is 78.5 cm³/mol. The van der Waals surface area contributed by atoms with E-state index in [-0.39, 0.29) is 12.5 Å². The quantitative estimate of drug-likeness (QED) is 0.618. The van der Waals surface area contributed by atoms with Crippen LogP contribution in [0.4, 0.5) is 0 Å². The van der Waals surface area contributed by atoms with Crippen molar-refractivity contribution >= 4 is 22.5 Å². The summed E-state index contributed by atoms with van der Waals surface area (Å²) in [5, 5.41) is 2.27. The molecule has 0 aliphatic rings. The predicted octanol–water partition coefficient (Wildman–Crippen LogP) is 3.29. The molecule has 0 spiro atoms. The molecule has 0 N–H and O–H groups in total. The van der Waals surface area contributed by atoms with E-state index in [9.17, 15) is 9.59 Å². The second-order valence-electron chi connectivity index (χ2n) is 5.02. The largest absolute Gasteiger partial charge is 0.457 e. The lowest BCUT2D eigenvalue weighted by atomic mass is 10.00. The number of hydrogen-bond donors (Lipinski definition) is 0. The number of carbonyl (C=O) groups is 2. The van der Waals surface area contributed by atoms with Crippen molar-refractivity contribution in [3.05, 3.63) is 48.0 Å². The van der Waals surface area contributed by atoms with E-state index in [4.69, 9.17) is 4.74 Å². The van der Waals surface area contributed by atoms with Gasteiger partial charge in [-0.1, -0.05) is 42.5 Å². The monoisotopic (exact) mass is 270 g/mol. The van der Waals surface area contributed by atoms with Gasteiger partial charge in [-0.25, -0.2) is 4.79 Å². The van der Waals surface area contributed by atoms with Gasteiger partial charge in [0.2, 0.25) is 5.78 Å². The highest BCUT2D eigenvalue weighted by Gasteiger charge is 2.16. The maximum Gasteiger partial charge on any atom is 0.374 e. The van der Waals surface area contributed by atoms with Crippen molar-refractivity contribution in [2.75, 3.05) is 0 Å². The molecule has 0 fully saturated rings. The van der Waals surface area contributed by atoms with Crippen LogP contribution < -0.4 is 0 Å². The van der Waals surface area contributed by atoms with E-state index in [1.54, 1.807) is 13.8 Å². The Bertz CT molecular complexity index is 624. The third-order valence-electron chi connectivity index (χ3n) is 3.07. The molecule has 2 aromatic rings. The van der Waals surface area contributed by atoms with Crippen LogP contribution in [0.5, 0.6) is 0 Å². The molecule has 0 radical (unpaired) electrons. The third-order valence-corrected chi connectivity index (χ3v) is 3.07. The smallest absolute Gasteiger partial charge is 0.374 e. The highest BCUT2D eigenvalue weighted by Crippen LogP contribution is 2.19. The van der Waals surface area contributed by atoms with E-state index in [0.29, 0.717) is 6.42 Å². The number of ether oxygens (including phenoxy) is 1. The summed E-state index contributed by atoms with van der Waals surface area (Å²) in [6.45, 7) is 3.46. The summed E-state index contributed by atoms with van der Waals surface area (Å²) in [5.41, 5.74) is 1.08. The number of carbonyl (C=O) groups excluding carboxylic acids is 2. The SMILES string of the molecule is CC(C)OC(=O)C(=O)CCc1cccc2ccccc12. The summed E-state index contributed by atoms with van der Waals surface area (Å²) in [5.74, 6) is -1.20. The van der Waals surface area contributed by atoms with E-state index in [1.165, 1.54) is 0 Å². The summed E-state index contributed by atoms with van der Waals surface area (Å²) in [4.78, 5) is 23.2. The zero-order chi connectivity index (χ0) is 14.5. The van der Waals surface area contributed by atoms with Crippen LogP contribution in [-0.4, -0.2) is 17.9 Å². The Morgan fingerprint density at radius 1 is 1.05 bits per heavy atom. The zero-order valence-electron chi connectivity index (χ0n) is 11.8. The van der Waals surface area contributed by atoms with Crippen LogP contribution >= 0.6 is 0 Å². The van der Waals surface area contributed by atoms with Gasteiger partial charge in [-0.05, 0) is 36.6 Å². The molecule has 0 atom stereocenters. The van der Waals surface area contributed by atoms with Gasteiger partial charge in [-0.2, -0.15) is 0 Å². The van der Waals surface area contributed by atoms with Crippen molar-refractivity contribution in [3.8, 4) is 0 Å². The van der Waals surface area contributed by atoms with Gasteiger partial charge >= 0.3 is 5.97 Å². The topological polar surface area (TPSA) is 43.4 Å². The van der Waals surface area contributed by atoms with Crippen LogP contribution in [0.1, 0.15) is 25.8 Å². The lowest BCUT2D eigenvalue weighted by Crippen LogP contribution is -2.21. The minimum Gasteiger partial charge on any atom is -0.457 e. The fourth-order valence-corrected chi connectivity index (χ4v) is 2.14. The lowest BCUT2D eigenvalue weighted by Gasteiger charge is -2.08. The van der Waals surface area contributed by atoms with Crippen LogP contribution in [0.25, 0.3) is 10.8 Å². The van der Waals surface area contributed by atoms with Crippen molar-refractivity contribution < 1.29 is 14.3 Å². The molecule has 3 nitrogen and oxygen atoms in total. The molecule has 0 aliphatic carbocycles. The van der Waals surface area contributed by atoms with Crippen LogP contribution in [-0.2, 0) is 20.7 Å². The highest BCUT2D eigenvalue weighted by atomic mass is 16.5. The summed E-state index contributed by atoms with van der Waals surface area (Å²) in [6, 6.07) is 14.0. The first-order chi connectivity index (χ1) is 9.58. The number of rotatable bonds is 5. The maximum absolute atomic E-state index is 11.7. The summed E-state index contributed by atoms with van der Waals surface area (Å²) in [6.07, 6.45) is 0.469. The molecule has 2 rings (SSSR count). The number of ketones is 1. The number of esters is 1. The number of hydrogen-bond acceptors (Lipinski definition) is 3. The molecule has 2 aromatic carbocycles. The summed E-state index contributed by atoms with van der Waals surface area (Å²) in [7, 11) is 0. The molecule has 0 heterocycles. The molecule has 0 aromatic heterocycles. The van der Waals surface area contributed by atoms with Crippen molar-refractivity contribution in [1.29, 1.82) is 0 Å². The van der Waals surface area contributed by atoms with Gasteiger partial charge in [0.15, 0.2) is 0 Å². The van der Waals surface area contributed by atoms with Crippen molar-refractivity contribution in [1.82, 2.24) is 0 Å². The van der Waals surface area contributed by atoms with E-state index in [1.807, 2.05) is 42.5 Å². The Balaban J connectivity index is 2.06. The Labute approximate surface area is 118 Å². The van der Waals surface area contributed by atoms with E-state index in [2.05, 4.69) is 0 Å². The lowest BCUT2D eigenvalue weighted by molar-refractivity contribution is -0.156. The summed E-state index contributed by atoms with van der Waals surface area (Å²) < 4.78 is 4.90. The van der Waals surface area contributed by atoms with E-state index in [0.717, 1.165) is 16.3 Å². The number of aryl methyl sites for hydroxylation is 1. The fraction of sp³-hybridized carbons (Fsp3) is 0.294. The second kappa shape index (κ2) is 6.33. The molecule has 20 heavy (non-hydrogen) atoms. The first-order valence-electron chi connectivity index (χ1n) is 6.78. The molecule has 0 saturated heterocycles. The number of Topliss-reactive ketones (excluding diaryl/α,β-unsaturated/α-hetero) is 1. The van der Waals surface area contributed by atoms with Crippen molar-refractivity contribution in [3.63, 3.8) is 0 Å². The minimum absolute atomic E-state index is 0.180. The Hall–Kier alpha value is -2.16. The zero-order valence-corrected chi connectivity index (χ0v) is 11.8. The average Bonchev–Trinajstić information content (AvgIpc) is 2.44. The van der Waals surface area contributed by atoms with Gasteiger partial charge in [0.1, 0.15) is 0 Å². The van der Waals surface area contributed by atoms with E-state index >= 15 is 0 Å². The first kappa shape index (κ1) is 14.3. The first-order valence-corrected chi connectivity index (χ1v) is 6.78. The van der Waals surface area contributed by atoms with Crippen LogP contribution in [0.2, 0.25) is 0 Å². The molecule has 0 bridgehead atoms. The molecule has 0 saturated carbocycles. The van der Waals surface area contributed by atoms with Crippen molar-refractivity contribution in [2.24, 2.45) is 0 Å². The van der Waals surface area contributed by atoms with Gasteiger partial charge < -0.3 is 4.74 Å². The molecule has 0 aliphatic heterocycles. The molecular weight excluding hydrogens is 252 g/mol. The van der Waals surface area contributed by atoms with Gasteiger partial charge in [0, 0.05) is 6.42 Å². The summed E-state index contributed by atoms with van der Waals surface area (Å²) >= 11 is 0. The number of fused-ring (bicyclic) bond motifs is 1. The van der Waals surface area contributed by atoms with Crippen molar-refractivity contribution in [2.45, 2.75) is 32.8 Å². The second-order valence-corrected chi connectivity index (χ2v) is 5.02. The van der Waals surface area contributed by atoms with Gasteiger partial charge in [0.25, 0.3) is 0 Å². The Morgan fingerprint density at radius 3 is 2.50 bits per heavy atom. The number of benzene rings is 2. The van der Waals surface area contributed by atoms with Crippen LogP contribution in [0.3, 0.4) is 0 Å². The minimum atomic E-state index is -0.736. The van der Waals surface area contributed by atoms with Gasteiger partial charge in [0.05, 0.1) is 6.10 Å². The molecule has 3 heteroatoms. The molecule has 0 amide bonds. The Kier molecular flexibility index (Phi) is 4.51. The van der Waals surface area contributed by atoms with E-state index < -0.39 is 11.8 Å². The normalized spacial score (nSPS) is 10.8. The maximum atomic E-state index is 11.7.